The Hall–Kier alpha value is -0.930. The average Bonchev–Trinajstić information content (AvgIpc) is 2.20. The Labute approximate surface area is 94.0 Å². The lowest BCUT2D eigenvalue weighted by molar-refractivity contribution is 0.134. The summed E-state index contributed by atoms with van der Waals surface area (Å²) in [5.74, 6) is 0.802. The second-order valence-corrected chi connectivity index (χ2v) is 4.18. The van der Waals surface area contributed by atoms with E-state index in [0.29, 0.717) is 11.4 Å². The third kappa shape index (κ3) is 2.19. The van der Waals surface area contributed by atoms with Crippen LogP contribution in [0, 0.1) is 0 Å². The second kappa shape index (κ2) is 4.29. The fourth-order valence-corrected chi connectivity index (χ4v) is 1.93. The number of hydrogen-bond acceptors (Lipinski definition) is 3. The standard InChI is InChI=1S/C11H14ClNO2/c1-7-10(4-5-14)15-11-3-2-8(12)6-9(11)13-7/h2-3,6-7,10,13-14H,4-5H2,1H3. The smallest absolute Gasteiger partial charge is 0.143 e. The highest BCUT2D eigenvalue weighted by atomic mass is 35.5. The van der Waals surface area contributed by atoms with Crippen molar-refractivity contribution in [1.29, 1.82) is 0 Å². The summed E-state index contributed by atoms with van der Waals surface area (Å²) in [6, 6.07) is 5.68. The molecule has 2 N–H and O–H groups in total. The van der Waals surface area contributed by atoms with Crippen molar-refractivity contribution in [2.75, 3.05) is 11.9 Å². The molecular formula is C11H14ClNO2. The number of anilines is 1. The highest BCUT2D eigenvalue weighted by molar-refractivity contribution is 6.30. The number of ether oxygens (including phenoxy) is 1. The van der Waals surface area contributed by atoms with Gasteiger partial charge in [-0.3, -0.25) is 0 Å². The van der Waals surface area contributed by atoms with Crippen LogP contribution in [0.25, 0.3) is 0 Å². The molecule has 0 aromatic heterocycles. The lowest BCUT2D eigenvalue weighted by Crippen LogP contribution is -2.39. The van der Waals surface area contributed by atoms with Crippen LogP contribution in [0.2, 0.25) is 5.02 Å². The minimum absolute atomic E-state index is 0.0173. The molecular weight excluding hydrogens is 214 g/mol. The summed E-state index contributed by atoms with van der Waals surface area (Å²) in [5.41, 5.74) is 0.921. The van der Waals surface area contributed by atoms with Crippen LogP contribution in [0.15, 0.2) is 18.2 Å². The first kappa shape index (κ1) is 10.6. The van der Waals surface area contributed by atoms with E-state index in [1.807, 2.05) is 19.1 Å². The normalized spacial score (nSPS) is 23.9. The van der Waals surface area contributed by atoms with E-state index in [0.717, 1.165) is 11.4 Å². The van der Waals surface area contributed by atoms with E-state index in [2.05, 4.69) is 5.32 Å². The van der Waals surface area contributed by atoms with Crippen molar-refractivity contribution in [2.45, 2.75) is 25.5 Å². The van der Waals surface area contributed by atoms with E-state index in [-0.39, 0.29) is 18.8 Å². The molecule has 82 valence electrons. The van der Waals surface area contributed by atoms with Crippen molar-refractivity contribution in [3.8, 4) is 5.75 Å². The van der Waals surface area contributed by atoms with Crippen molar-refractivity contribution in [1.82, 2.24) is 0 Å². The molecule has 0 spiro atoms. The van der Waals surface area contributed by atoms with Crippen LogP contribution in [0.1, 0.15) is 13.3 Å². The fourth-order valence-electron chi connectivity index (χ4n) is 1.76. The molecule has 2 atom stereocenters. The molecule has 1 aromatic carbocycles. The molecule has 0 amide bonds. The highest BCUT2D eigenvalue weighted by Crippen LogP contribution is 2.34. The van der Waals surface area contributed by atoms with Gasteiger partial charge in [0.25, 0.3) is 0 Å². The maximum atomic E-state index is 8.90. The minimum Gasteiger partial charge on any atom is -0.486 e. The Bertz CT molecular complexity index is 356. The molecule has 1 heterocycles. The first-order valence-corrected chi connectivity index (χ1v) is 5.42. The van der Waals surface area contributed by atoms with Crippen LogP contribution >= 0.6 is 11.6 Å². The zero-order valence-corrected chi connectivity index (χ0v) is 9.29. The van der Waals surface area contributed by atoms with Gasteiger partial charge in [-0.25, -0.2) is 0 Å². The summed E-state index contributed by atoms with van der Waals surface area (Å²) in [6.45, 7) is 2.17. The van der Waals surface area contributed by atoms with Gasteiger partial charge in [0, 0.05) is 18.1 Å². The predicted molar refractivity (Wildman–Crippen MR) is 60.7 cm³/mol. The molecule has 0 saturated heterocycles. The fraction of sp³-hybridized carbons (Fsp3) is 0.455. The Morgan fingerprint density at radius 3 is 3.07 bits per heavy atom. The van der Waals surface area contributed by atoms with Crippen LogP contribution in [0.3, 0.4) is 0 Å². The zero-order valence-electron chi connectivity index (χ0n) is 8.53. The van der Waals surface area contributed by atoms with E-state index in [1.165, 1.54) is 0 Å². The Kier molecular flexibility index (Phi) is 3.03. The molecule has 1 aliphatic rings. The first-order chi connectivity index (χ1) is 7.20. The summed E-state index contributed by atoms with van der Waals surface area (Å²) >= 11 is 5.89. The van der Waals surface area contributed by atoms with Crippen molar-refractivity contribution < 1.29 is 9.84 Å². The lowest BCUT2D eigenvalue weighted by atomic mass is 10.1. The number of rotatable bonds is 2. The molecule has 1 aliphatic heterocycles. The molecule has 1 aromatic rings. The molecule has 0 aliphatic carbocycles. The number of aliphatic hydroxyl groups excluding tert-OH is 1. The summed E-state index contributed by atoms with van der Waals surface area (Å²) in [5, 5.41) is 12.9. The second-order valence-electron chi connectivity index (χ2n) is 3.74. The number of aliphatic hydroxyl groups is 1. The van der Waals surface area contributed by atoms with Crippen LogP contribution in [0.5, 0.6) is 5.75 Å². The Morgan fingerprint density at radius 2 is 2.33 bits per heavy atom. The van der Waals surface area contributed by atoms with Crippen LogP contribution in [0.4, 0.5) is 5.69 Å². The van der Waals surface area contributed by atoms with Gasteiger partial charge in [0.15, 0.2) is 0 Å². The maximum absolute atomic E-state index is 8.90. The SMILES string of the molecule is CC1Nc2cc(Cl)ccc2OC1CCO. The van der Waals surface area contributed by atoms with Gasteiger partial charge < -0.3 is 15.2 Å². The van der Waals surface area contributed by atoms with Crippen molar-refractivity contribution in [2.24, 2.45) is 0 Å². The molecule has 2 unspecified atom stereocenters. The molecule has 15 heavy (non-hydrogen) atoms. The van der Waals surface area contributed by atoms with E-state index in [4.69, 9.17) is 21.4 Å². The third-order valence-corrected chi connectivity index (χ3v) is 2.81. The molecule has 0 bridgehead atoms. The van der Waals surface area contributed by atoms with Crippen LogP contribution < -0.4 is 10.1 Å². The van der Waals surface area contributed by atoms with E-state index in [1.54, 1.807) is 6.07 Å². The summed E-state index contributed by atoms with van der Waals surface area (Å²) in [4.78, 5) is 0. The minimum atomic E-state index is 0.0173. The van der Waals surface area contributed by atoms with Gasteiger partial charge in [-0.15, -0.1) is 0 Å². The topological polar surface area (TPSA) is 41.5 Å². The van der Waals surface area contributed by atoms with Crippen molar-refractivity contribution >= 4 is 17.3 Å². The molecule has 0 fully saturated rings. The molecule has 3 nitrogen and oxygen atoms in total. The van der Waals surface area contributed by atoms with Crippen LogP contribution in [-0.4, -0.2) is 23.9 Å². The van der Waals surface area contributed by atoms with Gasteiger partial charge in [-0.05, 0) is 25.1 Å². The Balaban J connectivity index is 2.22. The molecule has 0 radical (unpaired) electrons. The number of fused-ring (bicyclic) bond motifs is 1. The highest BCUT2D eigenvalue weighted by Gasteiger charge is 2.25. The Morgan fingerprint density at radius 1 is 1.53 bits per heavy atom. The molecule has 4 heteroatoms. The largest absolute Gasteiger partial charge is 0.486 e. The van der Waals surface area contributed by atoms with Gasteiger partial charge in [0.1, 0.15) is 11.9 Å². The van der Waals surface area contributed by atoms with Gasteiger partial charge in [0.05, 0.1) is 11.7 Å². The first-order valence-electron chi connectivity index (χ1n) is 5.04. The number of hydrogen-bond donors (Lipinski definition) is 2. The predicted octanol–water partition coefficient (Wildman–Crippen LogP) is 2.28. The van der Waals surface area contributed by atoms with Gasteiger partial charge >= 0.3 is 0 Å². The monoisotopic (exact) mass is 227 g/mol. The van der Waals surface area contributed by atoms with Gasteiger partial charge in [-0.2, -0.15) is 0 Å². The third-order valence-electron chi connectivity index (χ3n) is 2.57. The quantitative estimate of drug-likeness (QED) is 0.815. The molecule has 2 rings (SSSR count). The molecule has 0 saturated carbocycles. The zero-order chi connectivity index (χ0) is 10.8. The van der Waals surface area contributed by atoms with E-state index in [9.17, 15) is 0 Å². The number of halogens is 1. The van der Waals surface area contributed by atoms with Crippen molar-refractivity contribution in [3.63, 3.8) is 0 Å². The van der Waals surface area contributed by atoms with E-state index >= 15 is 0 Å². The summed E-state index contributed by atoms with van der Waals surface area (Å²) in [7, 11) is 0. The maximum Gasteiger partial charge on any atom is 0.143 e. The van der Waals surface area contributed by atoms with E-state index < -0.39 is 0 Å². The summed E-state index contributed by atoms with van der Waals surface area (Å²) in [6.07, 6.45) is 0.652. The number of benzene rings is 1. The van der Waals surface area contributed by atoms with Gasteiger partial charge in [-0.1, -0.05) is 11.6 Å². The average molecular weight is 228 g/mol. The lowest BCUT2D eigenvalue weighted by Gasteiger charge is -2.32. The van der Waals surface area contributed by atoms with Crippen LogP contribution in [-0.2, 0) is 0 Å². The van der Waals surface area contributed by atoms with Gasteiger partial charge in [0.2, 0.25) is 0 Å². The summed E-state index contributed by atoms with van der Waals surface area (Å²) < 4.78 is 5.76. The van der Waals surface area contributed by atoms with Crippen molar-refractivity contribution in [3.05, 3.63) is 23.2 Å². The number of nitrogens with one attached hydrogen (secondary N) is 1.